The number of hydrogen-bond donors (Lipinski definition) is 3. The fourth-order valence-electron chi connectivity index (χ4n) is 3.32. The maximum atomic E-state index is 13.1. The molecule has 1 aliphatic carbocycles. The Hall–Kier alpha value is 0.1000. The van der Waals surface area contributed by atoms with E-state index in [0.29, 0.717) is 31.1 Å². The lowest BCUT2D eigenvalue weighted by atomic mass is 9.79. The molecule has 0 aromatic carbocycles. The number of nitrogens with zero attached hydrogens (tertiary/aromatic N) is 1. The number of guanidine groups is 1. The highest BCUT2D eigenvalue weighted by atomic mass is 127. The van der Waals surface area contributed by atoms with Crippen LogP contribution in [-0.4, -0.2) is 54.5 Å². The molecule has 1 saturated carbocycles. The van der Waals surface area contributed by atoms with Gasteiger partial charge in [0.1, 0.15) is 0 Å². The summed E-state index contributed by atoms with van der Waals surface area (Å²) in [6.45, 7) is 0.629. The Kier molecular flexibility index (Phi) is 8.95. The van der Waals surface area contributed by atoms with Gasteiger partial charge < -0.3 is 15.7 Å². The van der Waals surface area contributed by atoms with E-state index in [1.54, 1.807) is 18.8 Å². The SMILES string of the molecule is CN=C(NCC1CCCCC1C(F)(F)F)NCC1(O)CCSC1.I. The maximum Gasteiger partial charge on any atom is 0.392 e. The average Bonchev–Trinajstić information content (AvgIpc) is 2.94. The lowest BCUT2D eigenvalue weighted by molar-refractivity contribution is -0.195. The molecule has 0 radical (unpaired) electrons. The number of nitrogens with one attached hydrogen (secondary N) is 2. The molecule has 2 rings (SSSR count). The van der Waals surface area contributed by atoms with Crippen LogP contribution in [0.15, 0.2) is 4.99 Å². The van der Waals surface area contributed by atoms with Gasteiger partial charge >= 0.3 is 6.18 Å². The number of hydrogen-bond acceptors (Lipinski definition) is 3. The van der Waals surface area contributed by atoms with E-state index in [0.717, 1.165) is 18.6 Å². The van der Waals surface area contributed by atoms with E-state index < -0.39 is 23.6 Å². The fraction of sp³-hybridized carbons (Fsp3) is 0.933. The molecule has 2 fully saturated rings. The van der Waals surface area contributed by atoms with Crippen molar-refractivity contribution in [3.8, 4) is 0 Å². The number of rotatable bonds is 4. The normalized spacial score (nSPS) is 31.5. The molecule has 24 heavy (non-hydrogen) atoms. The van der Waals surface area contributed by atoms with Crippen LogP contribution in [0.2, 0.25) is 0 Å². The molecule has 1 heterocycles. The van der Waals surface area contributed by atoms with Crippen LogP contribution in [-0.2, 0) is 0 Å². The minimum Gasteiger partial charge on any atom is -0.387 e. The number of halogens is 4. The van der Waals surface area contributed by atoms with Gasteiger partial charge in [-0.1, -0.05) is 12.8 Å². The highest BCUT2D eigenvalue weighted by Crippen LogP contribution is 2.41. The highest BCUT2D eigenvalue weighted by Gasteiger charge is 2.45. The largest absolute Gasteiger partial charge is 0.392 e. The van der Waals surface area contributed by atoms with Crippen molar-refractivity contribution in [3.05, 3.63) is 0 Å². The van der Waals surface area contributed by atoms with E-state index in [4.69, 9.17) is 0 Å². The van der Waals surface area contributed by atoms with Crippen molar-refractivity contribution >= 4 is 41.7 Å². The Morgan fingerprint density at radius 2 is 2.00 bits per heavy atom. The third-order valence-electron chi connectivity index (χ3n) is 4.75. The number of alkyl halides is 3. The average molecular weight is 481 g/mol. The molecule has 1 saturated heterocycles. The van der Waals surface area contributed by atoms with E-state index >= 15 is 0 Å². The summed E-state index contributed by atoms with van der Waals surface area (Å²) in [7, 11) is 1.59. The Balaban J connectivity index is 0.00000288. The number of aliphatic hydroxyl groups is 1. The molecule has 1 aliphatic heterocycles. The Labute approximate surface area is 162 Å². The number of thioether (sulfide) groups is 1. The van der Waals surface area contributed by atoms with Crippen molar-refractivity contribution in [3.63, 3.8) is 0 Å². The van der Waals surface area contributed by atoms with Crippen LogP contribution in [0.25, 0.3) is 0 Å². The summed E-state index contributed by atoms with van der Waals surface area (Å²) in [4.78, 5) is 4.05. The second-order valence-electron chi connectivity index (χ2n) is 6.53. The standard InChI is InChI=1S/C15H26F3N3OS.HI/c1-19-13(21-9-14(22)6-7-23-10-14)20-8-11-4-2-3-5-12(11)15(16,17)18;/h11-12,22H,2-10H2,1H3,(H2,19,20,21);1H. The molecule has 0 amide bonds. The van der Waals surface area contributed by atoms with Crippen LogP contribution in [0.1, 0.15) is 32.1 Å². The molecule has 0 aromatic heterocycles. The van der Waals surface area contributed by atoms with Crippen LogP contribution in [0.3, 0.4) is 0 Å². The monoisotopic (exact) mass is 481 g/mol. The summed E-state index contributed by atoms with van der Waals surface area (Å²) in [5.74, 6) is 0.432. The van der Waals surface area contributed by atoms with E-state index in [9.17, 15) is 18.3 Å². The quantitative estimate of drug-likeness (QED) is 0.329. The third-order valence-corrected chi connectivity index (χ3v) is 5.99. The van der Waals surface area contributed by atoms with Crippen LogP contribution in [0.5, 0.6) is 0 Å². The first-order chi connectivity index (χ1) is 10.8. The topological polar surface area (TPSA) is 56.7 Å². The van der Waals surface area contributed by atoms with Crippen LogP contribution in [0, 0.1) is 11.8 Å². The molecular formula is C15H27F3IN3OS. The van der Waals surface area contributed by atoms with Crippen molar-refractivity contribution in [1.29, 1.82) is 0 Å². The Morgan fingerprint density at radius 3 is 2.58 bits per heavy atom. The molecule has 3 atom stereocenters. The first-order valence-corrected chi connectivity index (χ1v) is 9.31. The molecule has 3 unspecified atom stereocenters. The molecule has 9 heteroatoms. The first kappa shape index (κ1) is 22.1. The van der Waals surface area contributed by atoms with Gasteiger partial charge in [-0.15, -0.1) is 24.0 Å². The molecule has 4 nitrogen and oxygen atoms in total. The second kappa shape index (κ2) is 9.70. The van der Waals surface area contributed by atoms with Crippen molar-refractivity contribution < 1.29 is 18.3 Å². The number of aliphatic imine (C=N–C) groups is 1. The first-order valence-electron chi connectivity index (χ1n) is 8.15. The zero-order chi connectivity index (χ0) is 16.9. The molecule has 0 aromatic rings. The summed E-state index contributed by atoms with van der Waals surface area (Å²) in [5.41, 5.74) is -0.748. The zero-order valence-electron chi connectivity index (χ0n) is 13.9. The minimum absolute atomic E-state index is 0. The van der Waals surface area contributed by atoms with Crippen LogP contribution < -0.4 is 10.6 Å². The third kappa shape index (κ3) is 6.44. The predicted octanol–water partition coefficient (Wildman–Crippen LogP) is 3.01. The Morgan fingerprint density at radius 1 is 1.29 bits per heavy atom. The van der Waals surface area contributed by atoms with Crippen molar-refractivity contribution in [2.45, 2.75) is 43.9 Å². The molecule has 3 N–H and O–H groups in total. The molecule has 142 valence electrons. The van der Waals surface area contributed by atoms with Crippen LogP contribution in [0.4, 0.5) is 13.2 Å². The minimum atomic E-state index is -4.13. The summed E-state index contributed by atoms with van der Waals surface area (Å²) >= 11 is 1.70. The van der Waals surface area contributed by atoms with E-state index in [1.807, 2.05) is 0 Å². The molecular weight excluding hydrogens is 454 g/mol. The predicted molar refractivity (Wildman–Crippen MR) is 103 cm³/mol. The van der Waals surface area contributed by atoms with E-state index in [1.165, 1.54) is 0 Å². The van der Waals surface area contributed by atoms with E-state index in [-0.39, 0.29) is 36.9 Å². The highest BCUT2D eigenvalue weighted by molar-refractivity contribution is 14.0. The smallest absolute Gasteiger partial charge is 0.387 e. The molecule has 2 aliphatic rings. The molecule has 0 spiro atoms. The van der Waals surface area contributed by atoms with Crippen LogP contribution >= 0.6 is 35.7 Å². The lowest BCUT2D eigenvalue weighted by Gasteiger charge is -2.33. The summed E-state index contributed by atoms with van der Waals surface area (Å²) in [5, 5.41) is 16.3. The van der Waals surface area contributed by atoms with Gasteiger partial charge in [0.2, 0.25) is 0 Å². The fourth-order valence-corrected chi connectivity index (χ4v) is 4.61. The van der Waals surface area contributed by atoms with Gasteiger partial charge in [0.25, 0.3) is 0 Å². The van der Waals surface area contributed by atoms with Gasteiger partial charge in [-0.2, -0.15) is 24.9 Å². The summed E-state index contributed by atoms with van der Waals surface area (Å²) in [6.07, 6.45) is -1.09. The van der Waals surface area contributed by atoms with Gasteiger partial charge in [0, 0.05) is 25.9 Å². The lowest BCUT2D eigenvalue weighted by Crippen LogP contribution is -2.49. The van der Waals surface area contributed by atoms with Gasteiger partial charge in [-0.05, 0) is 30.9 Å². The van der Waals surface area contributed by atoms with Gasteiger partial charge in [-0.25, -0.2) is 0 Å². The maximum absolute atomic E-state index is 13.1. The summed E-state index contributed by atoms with van der Waals surface area (Å²) < 4.78 is 39.3. The Bertz CT molecular complexity index is 417. The summed E-state index contributed by atoms with van der Waals surface area (Å²) in [6, 6.07) is 0. The second-order valence-corrected chi connectivity index (χ2v) is 7.63. The van der Waals surface area contributed by atoms with Crippen molar-refractivity contribution in [2.24, 2.45) is 16.8 Å². The van der Waals surface area contributed by atoms with Gasteiger partial charge in [0.15, 0.2) is 5.96 Å². The molecule has 0 bridgehead atoms. The van der Waals surface area contributed by atoms with Gasteiger partial charge in [-0.3, -0.25) is 4.99 Å². The van der Waals surface area contributed by atoms with Crippen molar-refractivity contribution in [2.75, 3.05) is 31.6 Å². The zero-order valence-corrected chi connectivity index (χ0v) is 17.0. The van der Waals surface area contributed by atoms with E-state index in [2.05, 4.69) is 15.6 Å². The van der Waals surface area contributed by atoms with Gasteiger partial charge in [0.05, 0.1) is 11.5 Å². The van der Waals surface area contributed by atoms with Crippen molar-refractivity contribution in [1.82, 2.24) is 10.6 Å².